The Morgan fingerprint density at radius 3 is 2.31 bits per heavy atom. The molecule has 0 aromatic carbocycles. The van der Waals surface area contributed by atoms with Crippen molar-refractivity contribution < 1.29 is 27.6 Å². The Labute approximate surface area is 73.9 Å². The molecule has 0 amide bonds. The third kappa shape index (κ3) is 1.74. The van der Waals surface area contributed by atoms with E-state index in [-0.39, 0.29) is 0 Å². The summed E-state index contributed by atoms with van der Waals surface area (Å²) in [4.78, 5) is 10.2. The number of carbonyl (C=O) groups is 1. The maximum Gasteiger partial charge on any atom is 0.454 e. The van der Waals surface area contributed by atoms with Gasteiger partial charge in [-0.05, 0) is 0 Å². The third-order valence-electron chi connectivity index (χ3n) is 1.10. The number of aromatic carboxylic acids is 1. The van der Waals surface area contributed by atoms with Crippen molar-refractivity contribution in [2.45, 2.75) is 6.18 Å². The molecule has 0 aliphatic heterocycles. The lowest BCUT2D eigenvalue weighted by molar-refractivity contribution is -0.155. The molecule has 1 aromatic rings. The van der Waals surface area contributed by atoms with Crippen molar-refractivity contribution in [2.75, 3.05) is 0 Å². The van der Waals surface area contributed by atoms with Gasteiger partial charge in [-0.25, -0.2) is 4.79 Å². The first-order chi connectivity index (χ1) is 5.84. The van der Waals surface area contributed by atoms with Gasteiger partial charge in [-0.15, -0.1) is 0 Å². The first-order valence-electron chi connectivity index (χ1n) is 2.79. The quantitative estimate of drug-likeness (QED) is 0.779. The summed E-state index contributed by atoms with van der Waals surface area (Å²) in [7, 11) is 0. The average molecular weight is 216 g/mol. The molecule has 0 spiro atoms. The van der Waals surface area contributed by atoms with Gasteiger partial charge in [0.05, 0.1) is 0 Å². The summed E-state index contributed by atoms with van der Waals surface area (Å²) in [5, 5.41) is 9.88. The molecule has 0 radical (unpaired) electrons. The van der Waals surface area contributed by atoms with Crippen LogP contribution >= 0.6 is 11.6 Å². The maximum atomic E-state index is 11.9. The molecule has 1 aromatic heterocycles. The normalized spacial score (nSPS) is 11.7. The van der Waals surface area contributed by atoms with E-state index < -0.39 is 28.6 Å². The zero-order valence-corrected chi connectivity index (χ0v) is 6.48. The largest absolute Gasteiger partial charge is 0.476 e. The van der Waals surface area contributed by atoms with Crippen LogP contribution in [0.1, 0.15) is 16.2 Å². The molecule has 0 fully saturated rings. The molecule has 72 valence electrons. The molecule has 0 aliphatic carbocycles. The molecule has 0 saturated heterocycles. The topological polar surface area (TPSA) is 63.3 Å². The van der Waals surface area contributed by atoms with Gasteiger partial charge < -0.3 is 9.63 Å². The van der Waals surface area contributed by atoms with E-state index in [1.807, 2.05) is 0 Å². The number of nitrogens with zero attached hydrogens (tertiary/aromatic N) is 1. The van der Waals surface area contributed by atoms with E-state index in [0.29, 0.717) is 0 Å². The van der Waals surface area contributed by atoms with E-state index in [4.69, 9.17) is 16.7 Å². The van der Waals surface area contributed by atoms with Crippen LogP contribution in [0.15, 0.2) is 4.52 Å². The van der Waals surface area contributed by atoms with Gasteiger partial charge in [0.15, 0.2) is 0 Å². The highest BCUT2D eigenvalue weighted by Crippen LogP contribution is 2.36. The molecule has 1 rings (SSSR count). The summed E-state index contributed by atoms with van der Waals surface area (Å²) in [6, 6.07) is 0. The van der Waals surface area contributed by atoms with E-state index in [1.54, 1.807) is 0 Å². The third-order valence-corrected chi connectivity index (χ3v) is 1.45. The fourth-order valence-electron chi connectivity index (χ4n) is 0.588. The number of hydrogen-bond acceptors (Lipinski definition) is 3. The van der Waals surface area contributed by atoms with E-state index in [2.05, 4.69) is 9.68 Å². The zero-order valence-electron chi connectivity index (χ0n) is 5.72. The number of hydrogen-bond donors (Lipinski definition) is 1. The van der Waals surface area contributed by atoms with Gasteiger partial charge in [-0.1, -0.05) is 16.8 Å². The lowest BCUT2D eigenvalue weighted by atomic mass is 10.3. The number of aromatic nitrogens is 1. The number of rotatable bonds is 1. The summed E-state index contributed by atoms with van der Waals surface area (Å²) in [5.74, 6) is -3.28. The van der Waals surface area contributed by atoms with E-state index in [1.165, 1.54) is 0 Å². The Morgan fingerprint density at radius 2 is 2.08 bits per heavy atom. The standard InChI is InChI=1S/C5HClF3NO3/c6-1-2(4(11)12)10-13-3(1)5(7,8)9/h(H,11,12). The van der Waals surface area contributed by atoms with Gasteiger partial charge in [0, 0.05) is 0 Å². The summed E-state index contributed by atoms with van der Waals surface area (Å²) in [6.45, 7) is 0. The van der Waals surface area contributed by atoms with Gasteiger partial charge >= 0.3 is 12.1 Å². The molecule has 1 heterocycles. The van der Waals surface area contributed by atoms with Crippen LogP contribution in [0.5, 0.6) is 0 Å². The number of carboxylic acid groups (broad SMARTS) is 1. The van der Waals surface area contributed by atoms with Crippen molar-refractivity contribution in [2.24, 2.45) is 0 Å². The molecular formula is C5HClF3NO3. The molecule has 0 aliphatic rings. The fraction of sp³-hybridized carbons (Fsp3) is 0.200. The van der Waals surface area contributed by atoms with Crippen LogP contribution in [0.4, 0.5) is 13.2 Å². The Hall–Kier alpha value is -1.24. The fourth-order valence-corrected chi connectivity index (χ4v) is 0.845. The predicted molar refractivity (Wildman–Crippen MR) is 33.5 cm³/mol. The van der Waals surface area contributed by atoms with Crippen LogP contribution in [0, 0.1) is 0 Å². The number of alkyl halides is 3. The zero-order chi connectivity index (χ0) is 10.2. The second kappa shape index (κ2) is 2.91. The van der Waals surface area contributed by atoms with Gasteiger partial charge in [0.1, 0.15) is 5.02 Å². The van der Waals surface area contributed by atoms with Crippen LogP contribution in [-0.4, -0.2) is 16.2 Å². The van der Waals surface area contributed by atoms with Crippen LogP contribution in [-0.2, 0) is 6.18 Å². The molecule has 4 nitrogen and oxygen atoms in total. The molecule has 0 unspecified atom stereocenters. The van der Waals surface area contributed by atoms with Crippen LogP contribution in [0.25, 0.3) is 0 Å². The summed E-state index contributed by atoms with van der Waals surface area (Å²) in [6.07, 6.45) is -4.84. The maximum absolute atomic E-state index is 11.9. The highest BCUT2D eigenvalue weighted by Gasteiger charge is 2.41. The van der Waals surface area contributed by atoms with Crippen molar-refractivity contribution in [3.05, 3.63) is 16.5 Å². The van der Waals surface area contributed by atoms with Crippen LogP contribution < -0.4 is 0 Å². The lowest BCUT2D eigenvalue weighted by Crippen LogP contribution is -2.04. The molecular weight excluding hydrogens is 215 g/mol. The van der Waals surface area contributed by atoms with Crippen molar-refractivity contribution in [3.63, 3.8) is 0 Å². The molecule has 0 bridgehead atoms. The van der Waals surface area contributed by atoms with E-state index in [9.17, 15) is 18.0 Å². The van der Waals surface area contributed by atoms with E-state index >= 15 is 0 Å². The molecule has 8 heteroatoms. The number of carboxylic acids is 1. The predicted octanol–water partition coefficient (Wildman–Crippen LogP) is 2.04. The summed E-state index contributed by atoms with van der Waals surface area (Å²) < 4.78 is 39.5. The average Bonchev–Trinajstić information content (AvgIpc) is 2.28. The van der Waals surface area contributed by atoms with Gasteiger partial charge in [0.2, 0.25) is 5.69 Å². The van der Waals surface area contributed by atoms with Crippen LogP contribution in [0.2, 0.25) is 5.02 Å². The molecule has 0 saturated carbocycles. The second-order valence-corrected chi connectivity index (χ2v) is 2.36. The summed E-state index contributed by atoms with van der Waals surface area (Å²) >= 11 is 5.05. The Kier molecular flexibility index (Phi) is 2.21. The Morgan fingerprint density at radius 1 is 1.54 bits per heavy atom. The minimum Gasteiger partial charge on any atom is -0.476 e. The van der Waals surface area contributed by atoms with Crippen molar-refractivity contribution >= 4 is 17.6 Å². The minimum atomic E-state index is -4.84. The first kappa shape index (κ1) is 9.85. The minimum absolute atomic E-state index is 0.950. The number of halogens is 4. The highest BCUT2D eigenvalue weighted by molar-refractivity contribution is 6.33. The van der Waals surface area contributed by atoms with Crippen molar-refractivity contribution in [1.82, 2.24) is 5.16 Å². The SMILES string of the molecule is O=C(O)c1noc(C(F)(F)F)c1Cl. The van der Waals surface area contributed by atoms with Crippen molar-refractivity contribution in [1.29, 1.82) is 0 Å². The molecule has 1 N–H and O–H groups in total. The van der Waals surface area contributed by atoms with Crippen molar-refractivity contribution in [3.8, 4) is 0 Å². The van der Waals surface area contributed by atoms with Gasteiger partial charge in [-0.3, -0.25) is 0 Å². The lowest BCUT2D eigenvalue weighted by Gasteiger charge is -1.99. The Balaban J connectivity index is 3.22. The Bertz CT molecular complexity index is 345. The van der Waals surface area contributed by atoms with Crippen LogP contribution in [0.3, 0.4) is 0 Å². The molecule has 0 atom stereocenters. The monoisotopic (exact) mass is 215 g/mol. The molecule has 13 heavy (non-hydrogen) atoms. The highest BCUT2D eigenvalue weighted by atomic mass is 35.5. The van der Waals surface area contributed by atoms with Gasteiger partial charge in [0.25, 0.3) is 5.76 Å². The van der Waals surface area contributed by atoms with E-state index in [0.717, 1.165) is 0 Å². The summed E-state index contributed by atoms with van der Waals surface area (Å²) in [5.41, 5.74) is -0.950. The first-order valence-corrected chi connectivity index (χ1v) is 3.17. The smallest absolute Gasteiger partial charge is 0.454 e. The second-order valence-electron chi connectivity index (χ2n) is 1.98. The van der Waals surface area contributed by atoms with Gasteiger partial charge in [-0.2, -0.15) is 13.2 Å².